The maximum Gasteiger partial charge on any atom is 0.416 e. The number of carboxylic acid groups (broad SMARTS) is 1. The molecule has 1 N–H and O–H groups in total. The van der Waals surface area contributed by atoms with Crippen molar-refractivity contribution in [2.45, 2.75) is 32.8 Å². The SMILES string of the molecule is CN(C(=O)OC(C)(C)C)C(=O)[C@@H](Cc1cccc2ccccc12)C(=O)O. The van der Waals surface area contributed by atoms with Crippen LogP contribution in [-0.4, -0.2) is 40.6 Å². The first kappa shape index (κ1) is 19.4. The maximum atomic E-state index is 12.6. The van der Waals surface area contributed by atoms with Crippen molar-refractivity contribution in [3.63, 3.8) is 0 Å². The molecule has 138 valence electrons. The summed E-state index contributed by atoms with van der Waals surface area (Å²) >= 11 is 0. The molecule has 2 aromatic rings. The Morgan fingerprint density at radius 1 is 1.08 bits per heavy atom. The summed E-state index contributed by atoms with van der Waals surface area (Å²) in [5.74, 6) is -3.46. The number of fused-ring (bicyclic) bond motifs is 1. The Morgan fingerprint density at radius 3 is 2.31 bits per heavy atom. The standard InChI is InChI=1S/C20H23NO5/c1-20(2,3)26-19(25)21(4)17(22)16(18(23)24)12-14-10-7-9-13-8-5-6-11-15(13)14/h5-11,16H,12H2,1-4H3,(H,23,24)/t16-/m1/s1. The summed E-state index contributed by atoms with van der Waals surface area (Å²) in [6.45, 7) is 5.02. The van der Waals surface area contributed by atoms with Crippen LogP contribution in [0.2, 0.25) is 0 Å². The zero-order valence-electron chi connectivity index (χ0n) is 15.4. The molecule has 6 heteroatoms. The van der Waals surface area contributed by atoms with Gasteiger partial charge in [-0.05, 0) is 43.5 Å². The predicted octanol–water partition coefficient (Wildman–Crippen LogP) is 3.48. The number of aliphatic carboxylic acids is 1. The molecule has 2 rings (SSSR count). The lowest BCUT2D eigenvalue weighted by molar-refractivity contribution is -0.149. The summed E-state index contributed by atoms with van der Waals surface area (Å²) < 4.78 is 5.14. The van der Waals surface area contributed by atoms with Crippen LogP contribution in [0.1, 0.15) is 26.3 Å². The summed E-state index contributed by atoms with van der Waals surface area (Å²) in [6, 6.07) is 13.1. The van der Waals surface area contributed by atoms with Crippen molar-refractivity contribution in [2.75, 3.05) is 7.05 Å². The number of hydrogen-bond donors (Lipinski definition) is 1. The summed E-state index contributed by atoms with van der Waals surface area (Å²) in [6.07, 6.45) is -0.880. The van der Waals surface area contributed by atoms with E-state index in [-0.39, 0.29) is 6.42 Å². The van der Waals surface area contributed by atoms with Gasteiger partial charge in [-0.1, -0.05) is 42.5 Å². The Bertz CT molecular complexity index is 832. The van der Waals surface area contributed by atoms with E-state index in [1.165, 1.54) is 7.05 Å². The molecule has 26 heavy (non-hydrogen) atoms. The average Bonchev–Trinajstić information content (AvgIpc) is 2.56. The van der Waals surface area contributed by atoms with Crippen LogP contribution in [0.5, 0.6) is 0 Å². The van der Waals surface area contributed by atoms with Crippen LogP contribution in [0, 0.1) is 5.92 Å². The van der Waals surface area contributed by atoms with E-state index in [0.29, 0.717) is 0 Å². The molecule has 0 saturated heterocycles. The number of rotatable bonds is 4. The second-order valence-corrected chi connectivity index (χ2v) is 7.11. The van der Waals surface area contributed by atoms with E-state index in [9.17, 15) is 19.5 Å². The molecule has 0 aliphatic heterocycles. The number of nitrogens with zero attached hydrogens (tertiary/aromatic N) is 1. The van der Waals surface area contributed by atoms with Gasteiger partial charge >= 0.3 is 12.1 Å². The highest BCUT2D eigenvalue weighted by Gasteiger charge is 2.34. The van der Waals surface area contributed by atoms with E-state index >= 15 is 0 Å². The second kappa shape index (κ2) is 7.56. The van der Waals surface area contributed by atoms with E-state index in [1.54, 1.807) is 26.8 Å². The monoisotopic (exact) mass is 357 g/mol. The molecule has 0 heterocycles. The minimum absolute atomic E-state index is 0.0113. The van der Waals surface area contributed by atoms with Gasteiger partial charge in [0.05, 0.1) is 0 Å². The normalized spacial score (nSPS) is 12.5. The van der Waals surface area contributed by atoms with Gasteiger partial charge in [0.2, 0.25) is 5.91 Å². The lowest BCUT2D eigenvalue weighted by atomic mass is 9.94. The fourth-order valence-corrected chi connectivity index (χ4v) is 2.62. The lowest BCUT2D eigenvalue weighted by Gasteiger charge is -2.25. The maximum absolute atomic E-state index is 12.6. The molecule has 0 unspecified atom stereocenters. The Balaban J connectivity index is 2.27. The van der Waals surface area contributed by atoms with E-state index in [4.69, 9.17) is 4.74 Å². The minimum atomic E-state index is -1.38. The highest BCUT2D eigenvalue weighted by Crippen LogP contribution is 2.22. The molecule has 0 radical (unpaired) electrons. The molecule has 0 saturated carbocycles. The zero-order chi connectivity index (χ0) is 19.5. The highest BCUT2D eigenvalue weighted by molar-refractivity contribution is 6.03. The van der Waals surface area contributed by atoms with Gasteiger partial charge in [0.15, 0.2) is 0 Å². The first-order chi connectivity index (χ1) is 12.1. The quantitative estimate of drug-likeness (QED) is 0.847. The van der Waals surface area contributed by atoms with Crippen molar-refractivity contribution < 1.29 is 24.2 Å². The number of imide groups is 1. The van der Waals surface area contributed by atoms with Crippen molar-refractivity contribution in [2.24, 2.45) is 5.92 Å². The number of carboxylic acids is 1. The smallest absolute Gasteiger partial charge is 0.416 e. The molecule has 0 aromatic heterocycles. The van der Waals surface area contributed by atoms with Crippen molar-refractivity contribution >= 4 is 28.7 Å². The number of benzene rings is 2. The summed E-state index contributed by atoms with van der Waals surface area (Å²) in [7, 11) is 1.23. The number of amides is 2. The zero-order valence-corrected chi connectivity index (χ0v) is 15.4. The summed E-state index contributed by atoms with van der Waals surface area (Å²) in [4.78, 5) is 37.1. The molecule has 6 nitrogen and oxygen atoms in total. The summed E-state index contributed by atoms with van der Waals surface area (Å²) in [5, 5.41) is 11.4. The van der Waals surface area contributed by atoms with Crippen LogP contribution >= 0.6 is 0 Å². The van der Waals surface area contributed by atoms with Gasteiger partial charge in [0, 0.05) is 7.05 Å². The first-order valence-electron chi connectivity index (χ1n) is 8.30. The van der Waals surface area contributed by atoms with E-state index in [2.05, 4.69) is 0 Å². The van der Waals surface area contributed by atoms with Gasteiger partial charge in [-0.2, -0.15) is 0 Å². The van der Waals surface area contributed by atoms with E-state index < -0.39 is 29.5 Å². The average molecular weight is 357 g/mol. The molecule has 0 aliphatic rings. The Hall–Kier alpha value is -2.89. The third kappa shape index (κ3) is 4.59. The summed E-state index contributed by atoms with van der Waals surface area (Å²) in [5.41, 5.74) is -0.0404. The van der Waals surface area contributed by atoms with Crippen molar-refractivity contribution in [3.8, 4) is 0 Å². The minimum Gasteiger partial charge on any atom is -0.481 e. The molecule has 1 atom stereocenters. The Morgan fingerprint density at radius 2 is 1.69 bits per heavy atom. The van der Waals surface area contributed by atoms with Gasteiger partial charge in [0.25, 0.3) is 0 Å². The first-order valence-corrected chi connectivity index (χ1v) is 8.30. The Kier molecular flexibility index (Phi) is 5.65. The van der Waals surface area contributed by atoms with Gasteiger partial charge in [-0.3, -0.25) is 9.59 Å². The molecule has 2 amide bonds. The fourth-order valence-electron chi connectivity index (χ4n) is 2.62. The third-order valence-electron chi connectivity index (χ3n) is 3.90. The van der Waals surface area contributed by atoms with E-state index in [1.807, 2.05) is 36.4 Å². The highest BCUT2D eigenvalue weighted by atomic mass is 16.6. The largest absolute Gasteiger partial charge is 0.481 e. The number of carbonyl (C=O) groups is 3. The van der Waals surface area contributed by atoms with Crippen LogP contribution in [0.3, 0.4) is 0 Å². The number of carbonyl (C=O) groups excluding carboxylic acids is 2. The number of hydrogen-bond acceptors (Lipinski definition) is 4. The topological polar surface area (TPSA) is 83.9 Å². The molecule has 0 spiro atoms. The van der Waals surface area contributed by atoms with E-state index in [0.717, 1.165) is 21.2 Å². The van der Waals surface area contributed by atoms with Gasteiger partial charge in [-0.25, -0.2) is 9.69 Å². The van der Waals surface area contributed by atoms with Gasteiger partial charge < -0.3 is 9.84 Å². The van der Waals surface area contributed by atoms with Crippen LogP contribution < -0.4 is 0 Å². The van der Waals surface area contributed by atoms with Crippen LogP contribution in [0.15, 0.2) is 42.5 Å². The van der Waals surface area contributed by atoms with Crippen LogP contribution in [0.25, 0.3) is 10.8 Å². The Labute approximate surface area is 152 Å². The second-order valence-electron chi connectivity index (χ2n) is 7.11. The molecular weight excluding hydrogens is 334 g/mol. The lowest BCUT2D eigenvalue weighted by Crippen LogP contribution is -2.43. The van der Waals surface area contributed by atoms with Crippen molar-refractivity contribution in [3.05, 3.63) is 48.0 Å². The van der Waals surface area contributed by atoms with Crippen molar-refractivity contribution in [1.29, 1.82) is 0 Å². The number of ether oxygens (including phenoxy) is 1. The third-order valence-corrected chi connectivity index (χ3v) is 3.90. The fraction of sp³-hybridized carbons (Fsp3) is 0.350. The predicted molar refractivity (Wildman–Crippen MR) is 97.8 cm³/mol. The van der Waals surface area contributed by atoms with Gasteiger partial charge in [0.1, 0.15) is 11.5 Å². The molecule has 2 aromatic carbocycles. The molecular formula is C20H23NO5. The molecule has 0 fully saturated rings. The van der Waals surface area contributed by atoms with Crippen LogP contribution in [0.4, 0.5) is 4.79 Å². The van der Waals surface area contributed by atoms with Gasteiger partial charge in [-0.15, -0.1) is 0 Å². The van der Waals surface area contributed by atoms with Crippen molar-refractivity contribution in [1.82, 2.24) is 4.90 Å². The van der Waals surface area contributed by atoms with Crippen LogP contribution in [-0.2, 0) is 20.7 Å². The molecule has 0 bridgehead atoms. The molecule has 0 aliphatic carbocycles.